The molecule has 0 aromatic heterocycles. The highest BCUT2D eigenvalue weighted by Gasteiger charge is 2.16. The van der Waals surface area contributed by atoms with Gasteiger partial charge in [-0.1, -0.05) is 12.1 Å². The van der Waals surface area contributed by atoms with Gasteiger partial charge in [-0.15, -0.1) is 0 Å². The average Bonchev–Trinajstić information content (AvgIpc) is 2.54. The molecule has 1 aliphatic heterocycles. The molecule has 1 fully saturated rings. The summed E-state index contributed by atoms with van der Waals surface area (Å²) in [7, 11) is 0. The molecule has 5 heteroatoms. The summed E-state index contributed by atoms with van der Waals surface area (Å²) < 4.78 is 5.57. The Hall–Kier alpha value is -1.88. The van der Waals surface area contributed by atoms with E-state index in [9.17, 15) is 4.79 Å². The van der Waals surface area contributed by atoms with Gasteiger partial charge in [0.2, 0.25) is 0 Å². The van der Waals surface area contributed by atoms with Crippen LogP contribution in [0.4, 0.5) is 0 Å². The van der Waals surface area contributed by atoms with Gasteiger partial charge in [-0.25, -0.2) is 5.43 Å². The molecule has 120 valence electrons. The third-order valence-electron chi connectivity index (χ3n) is 4.08. The molecular formula is C17H26N3O2+. The van der Waals surface area contributed by atoms with E-state index >= 15 is 0 Å². The summed E-state index contributed by atoms with van der Waals surface area (Å²) in [6.07, 6.45) is 1.92. The Morgan fingerprint density at radius 2 is 2.05 bits per heavy atom. The highest BCUT2D eigenvalue weighted by Crippen LogP contribution is 2.18. The van der Waals surface area contributed by atoms with Gasteiger partial charge in [0.05, 0.1) is 19.6 Å². The molecule has 5 nitrogen and oxygen atoms in total. The van der Waals surface area contributed by atoms with Crippen LogP contribution < -0.4 is 15.1 Å². The van der Waals surface area contributed by atoms with E-state index in [1.165, 1.54) is 0 Å². The smallest absolute Gasteiger partial charge is 0.277 e. The number of piperidine rings is 1. The summed E-state index contributed by atoms with van der Waals surface area (Å²) >= 11 is 0. The summed E-state index contributed by atoms with van der Waals surface area (Å²) in [4.78, 5) is 13.4. The molecule has 2 rings (SSSR count). The number of carbonyl (C=O) groups is 1. The molecule has 1 aliphatic rings. The normalized spacial score (nSPS) is 18.0. The first-order valence-electron chi connectivity index (χ1n) is 7.96. The number of rotatable bonds is 5. The third-order valence-corrected chi connectivity index (χ3v) is 4.08. The molecule has 0 bridgehead atoms. The quantitative estimate of drug-likeness (QED) is 0.793. The van der Waals surface area contributed by atoms with Gasteiger partial charge in [-0.3, -0.25) is 4.79 Å². The minimum absolute atomic E-state index is 0.00654. The van der Waals surface area contributed by atoms with Crippen LogP contribution >= 0.6 is 0 Å². The first-order valence-corrected chi connectivity index (χ1v) is 7.96. The van der Waals surface area contributed by atoms with E-state index in [4.69, 9.17) is 4.74 Å². The van der Waals surface area contributed by atoms with Crippen LogP contribution in [-0.4, -0.2) is 37.9 Å². The van der Waals surface area contributed by atoms with Crippen molar-refractivity contribution in [3.05, 3.63) is 29.3 Å². The second-order valence-corrected chi connectivity index (χ2v) is 5.87. The molecule has 1 aromatic rings. The summed E-state index contributed by atoms with van der Waals surface area (Å²) in [5.41, 5.74) is 5.83. The maximum Gasteiger partial charge on any atom is 0.277 e. The number of amides is 1. The fourth-order valence-corrected chi connectivity index (χ4v) is 2.54. The lowest BCUT2D eigenvalue weighted by Crippen LogP contribution is -3.12. The van der Waals surface area contributed by atoms with Crippen molar-refractivity contribution in [3.8, 4) is 5.75 Å². The minimum Gasteiger partial charge on any atom is -0.483 e. The zero-order valence-corrected chi connectivity index (χ0v) is 13.7. The SMILES string of the molecule is CC[NH+]1CCC(=NNC(=O)COc2cc(C)ccc2C)CC1. The largest absolute Gasteiger partial charge is 0.483 e. The van der Waals surface area contributed by atoms with E-state index in [-0.39, 0.29) is 12.5 Å². The average molecular weight is 304 g/mol. The zero-order valence-electron chi connectivity index (χ0n) is 13.7. The Morgan fingerprint density at radius 3 is 2.73 bits per heavy atom. The number of ether oxygens (including phenoxy) is 1. The fourth-order valence-electron chi connectivity index (χ4n) is 2.54. The predicted octanol–water partition coefficient (Wildman–Crippen LogP) is 0.853. The number of carbonyl (C=O) groups excluding carboxylic acids is 1. The molecule has 1 heterocycles. The van der Waals surface area contributed by atoms with Crippen molar-refractivity contribution in [1.82, 2.24) is 5.43 Å². The van der Waals surface area contributed by atoms with Crippen molar-refractivity contribution in [2.75, 3.05) is 26.2 Å². The Kier molecular flexibility index (Phi) is 5.95. The molecule has 1 aromatic carbocycles. The van der Waals surface area contributed by atoms with Crippen molar-refractivity contribution < 1.29 is 14.4 Å². The van der Waals surface area contributed by atoms with Gasteiger partial charge >= 0.3 is 0 Å². The van der Waals surface area contributed by atoms with E-state index in [1.54, 1.807) is 4.90 Å². The summed E-state index contributed by atoms with van der Waals surface area (Å²) in [6, 6.07) is 5.96. The van der Waals surface area contributed by atoms with E-state index in [0.29, 0.717) is 0 Å². The lowest BCUT2D eigenvalue weighted by Gasteiger charge is -2.23. The number of hydrazone groups is 1. The predicted molar refractivity (Wildman–Crippen MR) is 87.5 cm³/mol. The van der Waals surface area contributed by atoms with Crippen molar-refractivity contribution in [3.63, 3.8) is 0 Å². The van der Waals surface area contributed by atoms with Gasteiger partial charge < -0.3 is 9.64 Å². The second kappa shape index (κ2) is 7.94. The Bertz CT molecular complexity index is 545. The Balaban J connectivity index is 1.77. The lowest BCUT2D eigenvalue weighted by molar-refractivity contribution is -0.899. The summed E-state index contributed by atoms with van der Waals surface area (Å²) in [5.74, 6) is 0.543. The van der Waals surface area contributed by atoms with E-state index in [0.717, 1.165) is 55.1 Å². The first kappa shape index (κ1) is 16.5. The molecule has 22 heavy (non-hydrogen) atoms. The lowest BCUT2D eigenvalue weighted by atomic mass is 10.1. The van der Waals surface area contributed by atoms with Crippen LogP contribution in [0.5, 0.6) is 5.75 Å². The molecular weight excluding hydrogens is 278 g/mol. The maximum absolute atomic E-state index is 11.8. The van der Waals surface area contributed by atoms with Gasteiger partial charge in [0.25, 0.3) is 5.91 Å². The van der Waals surface area contributed by atoms with Crippen molar-refractivity contribution >= 4 is 11.6 Å². The van der Waals surface area contributed by atoms with Crippen molar-refractivity contribution in [1.29, 1.82) is 0 Å². The fraction of sp³-hybridized carbons (Fsp3) is 0.529. The van der Waals surface area contributed by atoms with Gasteiger partial charge in [0.1, 0.15) is 5.75 Å². The van der Waals surface area contributed by atoms with E-state index in [2.05, 4.69) is 17.5 Å². The van der Waals surface area contributed by atoms with Crippen LogP contribution in [0, 0.1) is 13.8 Å². The molecule has 0 radical (unpaired) electrons. The Morgan fingerprint density at radius 1 is 1.32 bits per heavy atom. The van der Waals surface area contributed by atoms with E-state index < -0.39 is 0 Å². The molecule has 2 N–H and O–H groups in total. The molecule has 0 unspecified atom stereocenters. The van der Waals surface area contributed by atoms with Crippen LogP contribution in [0.3, 0.4) is 0 Å². The number of nitrogens with one attached hydrogen (secondary N) is 2. The van der Waals surface area contributed by atoms with Crippen LogP contribution in [0.15, 0.2) is 23.3 Å². The van der Waals surface area contributed by atoms with Crippen LogP contribution in [0.2, 0.25) is 0 Å². The maximum atomic E-state index is 11.8. The van der Waals surface area contributed by atoms with Crippen molar-refractivity contribution in [2.45, 2.75) is 33.6 Å². The topological polar surface area (TPSA) is 55.1 Å². The second-order valence-electron chi connectivity index (χ2n) is 5.87. The number of quaternary nitrogens is 1. The monoisotopic (exact) mass is 304 g/mol. The van der Waals surface area contributed by atoms with E-state index in [1.807, 2.05) is 32.0 Å². The van der Waals surface area contributed by atoms with Gasteiger partial charge in [0, 0.05) is 18.6 Å². The highest BCUT2D eigenvalue weighted by atomic mass is 16.5. The number of benzene rings is 1. The summed E-state index contributed by atoms with van der Waals surface area (Å²) in [5, 5.41) is 4.23. The van der Waals surface area contributed by atoms with Gasteiger partial charge in [-0.2, -0.15) is 5.10 Å². The third kappa shape index (κ3) is 4.84. The van der Waals surface area contributed by atoms with Crippen LogP contribution in [0.25, 0.3) is 0 Å². The van der Waals surface area contributed by atoms with Crippen LogP contribution in [0.1, 0.15) is 30.9 Å². The highest BCUT2D eigenvalue weighted by molar-refractivity contribution is 5.87. The minimum atomic E-state index is -0.210. The molecule has 0 aliphatic carbocycles. The molecule has 0 spiro atoms. The number of nitrogens with zero attached hydrogens (tertiary/aromatic N) is 1. The molecule has 1 amide bonds. The Labute approximate surface area is 132 Å². The molecule has 1 saturated heterocycles. The molecule has 0 saturated carbocycles. The number of aryl methyl sites for hydroxylation is 2. The number of likely N-dealkylation sites (tertiary alicyclic amines) is 1. The molecule has 0 atom stereocenters. The zero-order chi connectivity index (χ0) is 15.9. The van der Waals surface area contributed by atoms with Gasteiger partial charge in [-0.05, 0) is 38.0 Å². The summed E-state index contributed by atoms with van der Waals surface area (Å²) in [6.45, 7) is 9.52. The number of hydrogen-bond acceptors (Lipinski definition) is 3. The van der Waals surface area contributed by atoms with Crippen molar-refractivity contribution in [2.24, 2.45) is 5.10 Å². The van der Waals surface area contributed by atoms with Crippen LogP contribution in [-0.2, 0) is 4.79 Å². The number of hydrogen-bond donors (Lipinski definition) is 2. The first-order chi connectivity index (χ1) is 10.6. The van der Waals surface area contributed by atoms with Gasteiger partial charge in [0.15, 0.2) is 6.61 Å². The standard InChI is InChI=1S/C17H25N3O2/c1-4-20-9-7-15(8-10-20)18-19-17(21)12-22-16-11-13(2)5-6-14(16)3/h5-6,11H,4,7-10,12H2,1-3H3,(H,19,21)/p+1.